The summed E-state index contributed by atoms with van der Waals surface area (Å²) in [7, 11) is 0. The Kier molecular flexibility index (Phi) is 20.2. The van der Waals surface area contributed by atoms with Crippen LogP contribution in [-0.2, 0) is 36.5 Å². The van der Waals surface area contributed by atoms with Crippen LogP contribution in [-0.4, -0.2) is 20.3 Å². The van der Waals surface area contributed by atoms with Crippen LogP contribution in [0.15, 0.2) is 180 Å². The van der Waals surface area contributed by atoms with Crippen LogP contribution < -0.4 is 0 Å². The average molecular weight is 1490 g/mol. The van der Waals surface area contributed by atoms with Crippen LogP contribution in [0.25, 0.3) is 83.7 Å². The number of hydrogen-bond acceptors (Lipinski definition) is 11. The summed E-state index contributed by atoms with van der Waals surface area (Å²) in [4.78, 5) is 43.4. The van der Waals surface area contributed by atoms with E-state index < -0.39 is 10.8 Å². The van der Waals surface area contributed by atoms with Gasteiger partial charge in [-0.2, -0.15) is 8.75 Å². The lowest BCUT2D eigenvalue weighted by atomic mass is 9.66. The van der Waals surface area contributed by atoms with Gasteiger partial charge in [0.2, 0.25) is 0 Å². The van der Waals surface area contributed by atoms with Gasteiger partial charge in [0.25, 0.3) is 11.4 Å². The summed E-state index contributed by atoms with van der Waals surface area (Å²) in [5, 5.41) is 23.4. The summed E-state index contributed by atoms with van der Waals surface area (Å²) >= 11 is 8.22. The Hall–Kier alpha value is -10.1. The highest BCUT2D eigenvalue weighted by molar-refractivity contribution is 7.30. The first-order valence-corrected chi connectivity index (χ1v) is 42.2. The molecule has 0 amide bonds. The summed E-state index contributed by atoms with van der Waals surface area (Å²) in [6.07, 6.45) is 26.4. The number of thiophene rings is 4. The number of allylic oxidation sites excluding steroid dienone is 6. The third kappa shape index (κ3) is 12.0. The van der Waals surface area contributed by atoms with Crippen LogP contribution >= 0.6 is 57.1 Å². The number of benzene rings is 7. The van der Waals surface area contributed by atoms with Crippen molar-refractivity contribution >= 4 is 123 Å². The second-order valence-corrected chi connectivity index (χ2v) is 33.8. The van der Waals surface area contributed by atoms with Gasteiger partial charge in [-0.3, -0.25) is 9.59 Å². The van der Waals surface area contributed by atoms with Crippen molar-refractivity contribution < 1.29 is 9.59 Å². The minimum atomic E-state index is -0.933. The van der Waals surface area contributed by atoms with E-state index in [1.807, 2.05) is 59.9 Å². The van der Waals surface area contributed by atoms with Gasteiger partial charge in [0, 0.05) is 69.8 Å². The fourth-order valence-corrected chi connectivity index (χ4v) is 23.6. The maximum absolute atomic E-state index is 14.9. The SMILES string of the molecule is [C-]#[N+]C(C#N)=C1/C(=C/c2cc3c(s2)-c2sc4c(c2C3(c2ccc(CCCCCC)cc2)c2ccc(CCCCCC)cc2)c2nsnc2c2sc3c(c24)C(c2ccc(CCCCCC)cc2)(c2ccc(CCCCCC)cc2)c2cc(/C=C4\C(=O)c5ccccc5\C4=C(\C#N)[N+]#[C-])sc2-3)C(=O)c2ccccc21. The minimum absolute atomic E-state index is 0.111. The molecule has 5 aromatic heterocycles. The van der Waals surface area contributed by atoms with Crippen molar-refractivity contribution in [3.63, 3.8) is 0 Å². The molecule has 0 bridgehead atoms. The lowest BCUT2D eigenvalue weighted by Crippen LogP contribution is -2.29. The van der Waals surface area contributed by atoms with Gasteiger partial charge < -0.3 is 0 Å². The number of aryl methyl sites for hydroxylation is 4. The zero-order chi connectivity index (χ0) is 73.5. The van der Waals surface area contributed by atoms with Crippen molar-refractivity contribution in [1.29, 1.82) is 10.5 Å². The molecule has 4 aliphatic rings. The Morgan fingerprint density at radius 1 is 0.421 bits per heavy atom. The van der Waals surface area contributed by atoms with Gasteiger partial charge >= 0.3 is 0 Å². The predicted molar refractivity (Wildman–Crippen MR) is 446 cm³/mol. The topological polar surface area (TPSA) is 116 Å². The Bertz CT molecular complexity index is 5710. The Morgan fingerprint density at radius 3 is 1.12 bits per heavy atom. The van der Waals surface area contributed by atoms with E-state index in [1.54, 1.807) is 46.1 Å². The molecule has 528 valence electrons. The van der Waals surface area contributed by atoms with Crippen molar-refractivity contribution in [3.8, 4) is 31.6 Å². The maximum Gasteiger partial charge on any atom is 0.270 e. The summed E-state index contributed by atoms with van der Waals surface area (Å²) < 4.78 is 13.1. The van der Waals surface area contributed by atoms with Crippen LogP contribution in [0, 0.1) is 35.8 Å². The lowest BCUT2D eigenvalue weighted by molar-refractivity contribution is 0.103. The highest BCUT2D eigenvalue weighted by Gasteiger charge is 2.54. The third-order valence-electron chi connectivity index (χ3n) is 22.7. The molecule has 0 atom stereocenters. The van der Waals surface area contributed by atoms with Gasteiger partial charge in [0.05, 0.1) is 72.0 Å². The molecule has 107 heavy (non-hydrogen) atoms. The molecule has 16 rings (SSSR count). The average Bonchev–Trinajstić information content (AvgIpc) is 1.49. The van der Waals surface area contributed by atoms with E-state index in [4.69, 9.17) is 21.9 Å². The van der Waals surface area contributed by atoms with Crippen LogP contribution in [0.5, 0.6) is 0 Å². The molecule has 0 fully saturated rings. The van der Waals surface area contributed by atoms with Crippen LogP contribution in [0.2, 0.25) is 0 Å². The van der Waals surface area contributed by atoms with Crippen LogP contribution in [0.4, 0.5) is 0 Å². The van der Waals surface area contributed by atoms with E-state index in [1.165, 1.54) is 122 Å². The molecule has 12 aromatic rings. The van der Waals surface area contributed by atoms with Crippen LogP contribution in [0.3, 0.4) is 0 Å². The number of nitrogens with zero attached hydrogens (tertiary/aromatic N) is 6. The Morgan fingerprint density at radius 2 is 0.766 bits per heavy atom. The third-order valence-corrected chi connectivity index (χ3v) is 28.1. The highest BCUT2D eigenvalue weighted by Crippen LogP contribution is 2.69. The number of hydrogen-bond donors (Lipinski definition) is 0. The summed E-state index contributed by atoms with van der Waals surface area (Å²) in [6.45, 7) is 25.5. The largest absolute Gasteiger partial charge is 0.289 e. The van der Waals surface area contributed by atoms with E-state index in [0.717, 1.165) is 145 Å². The fourth-order valence-electron chi connectivity index (χ4n) is 17.5. The first-order valence-electron chi connectivity index (χ1n) is 38.2. The van der Waals surface area contributed by atoms with Crippen LogP contribution in [0.1, 0.15) is 239 Å². The fraction of sp³-hybridized carbons (Fsp3) is 0.277. The first kappa shape index (κ1) is 71.2. The first-order chi connectivity index (χ1) is 52.6. The van der Waals surface area contributed by atoms with Gasteiger partial charge in [-0.25, -0.2) is 20.2 Å². The quantitative estimate of drug-likeness (QED) is 0.0231. The van der Waals surface area contributed by atoms with E-state index in [0.29, 0.717) is 44.5 Å². The number of Topliss-reactive ketones (excluding diaryl/α,β-unsaturated/α-hetero) is 2. The van der Waals surface area contributed by atoms with Gasteiger partial charge in [0.15, 0.2) is 11.6 Å². The number of fused-ring (bicyclic) bond motifs is 16. The van der Waals surface area contributed by atoms with E-state index in [2.05, 4.69) is 159 Å². The molecule has 8 nitrogen and oxygen atoms in total. The lowest BCUT2D eigenvalue weighted by Gasteiger charge is -2.34. The van der Waals surface area contributed by atoms with E-state index in [-0.39, 0.29) is 23.0 Å². The zero-order valence-electron chi connectivity index (χ0n) is 60.8. The highest BCUT2D eigenvalue weighted by atomic mass is 32.1. The van der Waals surface area contributed by atoms with Crippen molar-refractivity contribution in [3.05, 3.63) is 302 Å². The molecule has 0 spiro atoms. The number of carbonyl (C=O) groups is 2. The second kappa shape index (κ2) is 30.3. The van der Waals surface area contributed by atoms with Gasteiger partial charge in [-0.1, -0.05) is 250 Å². The molecule has 0 saturated carbocycles. The van der Waals surface area contributed by atoms with Crippen molar-refractivity contribution in [2.45, 2.75) is 167 Å². The molecular weight excluding hydrogens is 1410 g/mol. The van der Waals surface area contributed by atoms with Crippen molar-refractivity contribution in [2.75, 3.05) is 0 Å². The van der Waals surface area contributed by atoms with Gasteiger partial charge in [-0.05, 0) is 142 Å². The molecular formula is C94H80N6O2S5. The molecule has 13 heteroatoms. The zero-order valence-corrected chi connectivity index (χ0v) is 64.9. The van der Waals surface area contributed by atoms with Crippen molar-refractivity contribution in [2.24, 2.45) is 0 Å². The number of unbranched alkanes of at least 4 members (excludes halogenated alkanes) is 12. The molecule has 7 aromatic carbocycles. The molecule has 0 aliphatic heterocycles. The molecule has 4 aliphatic carbocycles. The summed E-state index contributed by atoms with van der Waals surface area (Å²) in [6, 6.07) is 61.5. The van der Waals surface area contributed by atoms with Gasteiger partial charge in [0.1, 0.15) is 11.0 Å². The number of rotatable bonds is 26. The van der Waals surface area contributed by atoms with E-state index in [9.17, 15) is 20.1 Å². The molecule has 5 heterocycles. The monoisotopic (exact) mass is 1480 g/mol. The minimum Gasteiger partial charge on any atom is -0.289 e. The predicted octanol–water partition coefficient (Wildman–Crippen LogP) is 26.3. The molecule has 0 radical (unpaired) electrons. The molecule has 0 saturated heterocycles. The Labute approximate surface area is 647 Å². The number of aromatic nitrogens is 2. The Balaban J connectivity index is 1.01. The van der Waals surface area contributed by atoms with Crippen molar-refractivity contribution in [1.82, 2.24) is 8.75 Å². The number of nitriles is 2. The maximum atomic E-state index is 14.9. The standard InChI is InChI=1S/C94H80N6O2S5/c1-7-11-15-19-27-57-35-43-61(44-36-57)93(62-45-37-58(38-46-62)28-20-16-12-8-2)73-53-65(51-71-77(75(55-95)97-5)67-31-23-25-33-69(67)85(71)101)103-87(73)91-81(93)79-83-84(100-107-99-83)90-80(89(79)105-91)82-92(106-90)88-74(54-66(104-88)52-72-78(76(56-96)98-6)68-32-24-26-34-70(68)86(72)102)94(82,63-47-39-59(40-48-63)29-21-17-13-9-3)64-49-41-60(42-50-64)30-22-18-14-10-4/h23-26,31-54H,7-22,27-30H2,1-4H3/b71-51-,72-52-,77-75?,78-76+. The normalized spacial score (nSPS) is 15.9. The summed E-state index contributed by atoms with van der Waals surface area (Å²) in [5.74, 6) is -0.412. The molecule has 0 N–H and O–H groups in total. The van der Waals surface area contributed by atoms with Gasteiger partial charge in [-0.15, -0.1) is 45.3 Å². The molecule has 0 unspecified atom stereocenters. The number of ketones is 2. The smallest absolute Gasteiger partial charge is 0.270 e. The number of carbonyl (C=O) groups excluding carboxylic acids is 2. The second-order valence-electron chi connectivity index (χ2n) is 29.1. The van der Waals surface area contributed by atoms with E-state index >= 15 is 0 Å². The summed E-state index contributed by atoms with van der Waals surface area (Å²) in [5.41, 5.74) is 17.5.